The van der Waals surface area contributed by atoms with Crippen LogP contribution >= 0.6 is 0 Å². The summed E-state index contributed by atoms with van der Waals surface area (Å²) in [5.74, 6) is 0. The zero-order chi connectivity index (χ0) is 9.57. The highest BCUT2D eigenvalue weighted by Crippen LogP contribution is 2.39. The third-order valence-corrected chi connectivity index (χ3v) is 2.95. The summed E-state index contributed by atoms with van der Waals surface area (Å²) in [6.07, 6.45) is -0.306. The van der Waals surface area contributed by atoms with Crippen LogP contribution in [0.3, 0.4) is 0 Å². The van der Waals surface area contributed by atoms with E-state index >= 15 is 0 Å². The predicted molar refractivity (Wildman–Crippen MR) is 46.9 cm³/mol. The van der Waals surface area contributed by atoms with Gasteiger partial charge in [0, 0.05) is 5.41 Å². The topological polar surface area (TPSA) is 38.3 Å². The van der Waals surface area contributed by atoms with Crippen molar-refractivity contribution in [3.63, 3.8) is 0 Å². The van der Waals surface area contributed by atoms with Gasteiger partial charge in [-0.15, -0.1) is 0 Å². The number of hydrogen-bond acceptors (Lipinski definition) is 2. The Labute approximate surface area is 73.5 Å². The first kappa shape index (κ1) is 9.36. The van der Waals surface area contributed by atoms with E-state index in [1.54, 1.807) is 0 Å². The first-order chi connectivity index (χ1) is 5.27. The maximum Gasteiger partial charge on any atom is 0.408 e. The number of amides is 1. The maximum absolute atomic E-state index is 11.0. The van der Waals surface area contributed by atoms with E-state index in [0.29, 0.717) is 0 Å². The summed E-state index contributed by atoms with van der Waals surface area (Å²) in [5, 5.41) is 2.75. The van der Waals surface area contributed by atoms with Gasteiger partial charge in [-0.25, -0.2) is 4.79 Å². The molecule has 3 nitrogen and oxygen atoms in total. The van der Waals surface area contributed by atoms with Crippen molar-refractivity contribution in [2.45, 2.75) is 46.3 Å². The molecule has 12 heavy (non-hydrogen) atoms. The van der Waals surface area contributed by atoms with Gasteiger partial charge in [0.2, 0.25) is 0 Å². The van der Waals surface area contributed by atoms with Crippen molar-refractivity contribution in [2.75, 3.05) is 0 Å². The fraction of sp³-hybridized carbons (Fsp3) is 0.889. The number of rotatable bonds is 0. The number of nitrogens with one attached hydrogen (secondary N) is 1. The number of cyclic esters (lactones) is 1. The highest BCUT2D eigenvalue weighted by Gasteiger charge is 2.50. The molecule has 1 N–H and O–H groups in total. The van der Waals surface area contributed by atoms with Crippen molar-refractivity contribution in [1.82, 2.24) is 5.32 Å². The first-order valence-corrected chi connectivity index (χ1v) is 4.27. The molecule has 0 saturated carbocycles. The van der Waals surface area contributed by atoms with Gasteiger partial charge in [0.05, 0.1) is 6.04 Å². The molecule has 0 spiro atoms. The van der Waals surface area contributed by atoms with Crippen LogP contribution in [0.4, 0.5) is 4.79 Å². The minimum absolute atomic E-state index is 0.0361. The van der Waals surface area contributed by atoms with Gasteiger partial charge >= 0.3 is 6.09 Å². The third kappa shape index (κ3) is 1.17. The minimum atomic E-state index is -0.399. The van der Waals surface area contributed by atoms with Crippen molar-refractivity contribution < 1.29 is 9.53 Å². The van der Waals surface area contributed by atoms with E-state index in [0.717, 1.165) is 0 Å². The second-order valence-corrected chi connectivity index (χ2v) is 4.61. The molecule has 0 radical (unpaired) electrons. The van der Waals surface area contributed by atoms with E-state index in [4.69, 9.17) is 4.74 Å². The molecule has 1 aliphatic heterocycles. The zero-order valence-corrected chi connectivity index (χ0v) is 8.39. The molecule has 1 saturated heterocycles. The van der Waals surface area contributed by atoms with E-state index in [9.17, 15) is 4.79 Å². The summed E-state index contributed by atoms with van der Waals surface area (Å²) in [4.78, 5) is 11.0. The largest absolute Gasteiger partial charge is 0.440 e. The van der Waals surface area contributed by atoms with E-state index in [1.165, 1.54) is 0 Å². The summed E-state index contributed by atoms with van der Waals surface area (Å²) in [6, 6.07) is 0.0741. The van der Waals surface area contributed by atoms with E-state index in [1.807, 2.05) is 13.8 Å². The second kappa shape index (κ2) is 2.38. The van der Waals surface area contributed by atoms with Crippen molar-refractivity contribution in [2.24, 2.45) is 5.41 Å². The normalized spacial score (nSPS) is 36.1. The summed E-state index contributed by atoms with van der Waals surface area (Å²) >= 11 is 0. The Kier molecular flexibility index (Phi) is 1.85. The van der Waals surface area contributed by atoms with E-state index in [2.05, 4.69) is 26.1 Å². The van der Waals surface area contributed by atoms with Gasteiger partial charge in [0.1, 0.15) is 5.60 Å². The van der Waals surface area contributed by atoms with Crippen LogP contribution in [0.25, 0.3) is 0 Å². The molecule has 0 aromatic heterocycles. The molecular formula is C9H17NO2. The molecule has 0 aromatic rings. The molecule has 1 rings (SSSR count). The molecular weight excluding hydrogens is 154 g/mol. The van der Waals surface area contributed by atoms with Crippen molar-refractivity contribution in [1.29, 1.82) is 0 Å². The van der Waals surface area contributed by atoms with Gasteiger partial charge in [-0.3, -0.25) is 0 Å². The minimum Gasteiger partial charge on any atom is -0.440 e. The average molecular weight is 171 g/mol. The summed E-state index contributed by atoms with van der Waals surface area (Å²) in [5.41, 5.74) is -0.435. The van der Waals surface area contributed by atoms with Crippen molar-refractivity contribution in [3.8, 4) is 0 Å². The van der Waals surface area contributed by atoms with Crippen LogP contribution < -0.4 is 5.32 Å². The first-order valence-electron chi connectivity index (χ1n) is 4.27. The number of carbonyl (C=O) groups is 1. The molecule has 3 heteroatoms. The van der Waals surface area contributed by atoms with Gasteiger partial charge in [-0.1, -0.05) is 20.8 Å². The monoisotopic (exact) mass is 171 g/mol. The number of hydrogen-bond donors (Lipinski definition) is 1. The van der Waals surface area contributed by atoms with Crippen molar-refractivity contribution >= 4 is 6.09 Å². The van der Waals surface area contributed by atoms with Gasteiger partial charge in [-0.2, -0.15) is 0 Å². The lowest BCUT2D eigenvalue weighted by Crippen LogP contribution is -2.49. The van der Waals surface area contributed by atoms with Crippen LogP contribution in [0.15, 0.2) is 0 Å². The molecule has 2 atom stereocenters. The highest BCUT2D eigenvalue weighted by molar-refractivity contribution is 5.71. The smallest absolute Gasteiger partial charge is 0.408 e. The molecule has 1 heterocycles. The molecule has 0 bridgehead atoms. The Morgan fingerprint density at radius 1 is 1.50 bits per heavy atom. The molecule has 0 aromatic carbocycles. The summed E-state index contributed by atoms with van der Waals surface area (Å²) < 4.78 is 5.28. The maximum atomic E-state index is 11.0. The zero-order valence-electron chi connectivity index (χ0n) is 8.39. The summed E-state index contributed by atoms with van der Waals surface area (Å²) in [7, 11) is 0. The van der Waals surface area contributed by atoms with Gasteiger partial charge in [0.15, 0.2) is 0 Å². The lowest BCUT2D eigenvalue weighted by atomic mass is 9.74. The average Bonchev–Trinajstić information content (AvgIpc) is 2.06. The molecule has 0 aliphatic carbocycles. The van der Waals surface area contributed by atoms with Crippen LogP contribution in [0.1, 0.15) is 34.6 Å². The van der Waals surface area contributed by atoms with Crippen LogP contribution in [0.5, 0.6) is 0 Å². The fourth-order valence-electron chi connectivity index (χ4n) is 1.43. The van der Waals surface area contributed by atoms with Crippen LogP contribution in [0, 0.1) is 5.41 Å². The Balaban J connectivity index is 2.92. The van der Waals surface area contributed by atoms with Crippen LogP contribution in [-0.4, -0.2) is 17.7 Å². The molecule has 1 fully saturated rings. The Morgan fingerprint density at radius 3 is 2.17 bits per heavy atom. The standard InChI is InChI=1S/C9H17NO2/c1-6-9(5,8(2,3)4)12-7(11)10-6/h6H,1-5H3,(H,10,11)/t6-,9-/m0/s1. The molecule has 0 unspecified atom stereocenters. The lowest BCUT2D eigenvalue weighted by molar-refractivity contribution is -0.0334. The molecule has 70 valence electrons. The van der Waals surface area contributed by atoms with Gasteiger partial charge in [-0.05, 0) is 13.8 Å². The van der Waals surface area contributed by atoms with Crippen molar-refractivity contribution in [3.05, 3.63) is 0 Å². The fourth-order valence-corrected chi connectivity index (χ4v) is 1.43. The second-order valence-electron chi connectivity index (χ2n) is 4.61. The molecule has 1 amide bonds. The number of alkyl carbamates (subject to hydrolysis) is 1. The lowest BCUT2D eigenvalue weighted by Gasteiger charge is -2.38. The third-order valence-electron chi connectivity index (χ3n) is 2.95. The Hall–Kier alpha value is -0.730. The predicted octanol–water partition coefficient (Wildman–Crippen LogP) is 1.92. The Morgan fingerprint density at radius 2 is 2.00 bits per heavy atom. The summed E-state index contributed by atoms with van der Waals surface area (Å²) in [6.45, 7) is 10.2. The van der Waals surface area contributed by atoms with E-state index < -0.39 is 5.60 Å². The van der Waals surface area contributed by atoms with Crippen LogP contribution in [-0.2, 0) is 4.74 Å². The van der Waals surface area contributed by atoms with Gasteiger partial charge < -0.3 is 10.1 Å². The quantitative estimate of drug-likeness (QED) is 0.604. The van der Waals surface area contributed by atoms with E-state index in [-0.39, 0.29) is 17.6 Å². The Bertz CT molecular complexity index is 207. The number of carbonyl (C=O) groups excluding carboxylic acids is 1. The number of ether oxygens (including phenoxy) is 1. The van der Waals surface area contributed by atoms with Crippen LogP contribution in [0.2, 0.25) is 0 Å². The molecule has 1 aliphatic rings. The van der Waals surface area contributed by atoms with Gasteiger partial charge in [0.25, 0.3) is 0 Å². The highest BCUT2D eigenvalue weighted by atomic mass is 16.6. The SMILES string of the molecule is C[C@@H]1NC(=O)O[C@]1(C)C(C)(C)C.